The smallest absolute Gasteiger partial charge is 0.275 e. The Morgan fingerprint density at radius 2 is 2.16 bits per heavy atom. The van der Waals surface area contributed by atoms with Crippen molar-refractivity contribution in [2.75, 3.05) is 13.1 Å². The average Bonchev–Trinajstić information content (AvgIpc) is 3.34. The normalized spacial score (nSPS) is 17.6. The molecule has 1 aromatic carbocycles. The number of nitrogens with zero attached hydrogens (tertiary/aromatic N) is 5. The van der Waals surface area contributed by atoms with Gasteiger partial charge in [0.25, 0.3) is 5.91 Å². The molecule has 1 saturated heterocycles. The standard InChI is InChI=1S/C16H14FN5O2S/c17-12-5-3-10(4-6-12)14-18-15(24-20-14)11-2-1-7-22(8-11)16(23)13-9-25-21-19-13/h3-6,9,11H,1-2,7-8H2/t11-/m0/s1. The molecule has 1 amide bonds. The zero-order chi connectivity index (χ0) is 17.2. The molecule has 0 aliphatic carbocycles. The van der Waals surface area contributed by atoms with Gasteiger partial charge >= 0.3 is 0 Å². The van der Waals surface area contributed by atoms with Gasteiger partial charge in [-0.1, -0.05) is 9.64 Å². The Bertz CT molecular complexity index is 865. The number of likely N-dealkylation sites (tertiary alicyclic amines) is 1. The van der Waals surface area contributed by atoms with Crippen LogP contribution < -0.4 is 0 Å². The number of aromatic nitrogens is 4. The Kier molecular flexibility index (Phi) is 4.22. The lowest BCUT2D eigenvalue weighted by atomic mass is 9.97. The highest BCUT2D eigenvalue weighted by atomic mass is 32.1. The first-order valence-electron chi connectivity index (χ1n) is 7.86. The van der Waals surface area contributed by atoms with E-state index in [1.165, 1.54) is 12.1 Å². The van der Waals surface area contributed by atoms with Crippen LogP contribution in [0.3, 0.4) is 0 Å². The number of benzene rings is 1. The number of rotatable bonds is 3. The van der Waals surface area contributed by atoms with E-state index in [-0.39, 0.29) is 17.6 Å². The third-order valence-corrected chi connectivity index (χ3v) is 4.69. The number of hydrogen-bond donors (Lipinski definition) is 0. The molecule has 0 saturated carbocycles. The maximum Gasteiger partial charge on any atom is 0.275 e. The van der Waals surface area contributed by atoms with E-state index >= 15 is 0 Å². The molecule has 25 heavy (non-hydrogen) atoms. The highest BCUT2D eigenvalue weighted by Gasteiger charge is 2.30. The van der Waals surface area contributed by atoms with E-state index in [2.05, 4.69) is 19.7 Å². The molecular formula is C16H14FN5O2S. The summed E-state index contributed by atoms with van der Waals surface area (Å²) >= 11 is 1.15. The van der Waals surface area contributed by atoms with Crippen molar-refractivity contribution in [2.45, 2.75) is 18.8 Å². The molecule has 1 fully saturated rings. The average molecular weight is 359 g/mol. The van der Waals surface area contributed by atoms with Crippen molar-refractivity contribution in [3.63, 3.8) is 0 Å². The van der Waals surface area contributed by atoms with Crippen molar-refractivity contribution in [2.24, 2.45) is 0 Å². The number of amides is 1. The van der Waals surface area contributed by atoms with Gasteiger partial charge in [-0.05, 0) is 48.6 Å². The molecule has 9 heteroatoms. The van der Waals surface area contributed by atoms with E-state index < -0.39 is 0 Å². The van der Waals surface area contributed by atoms with Crippen molar-refractivity contribution >= 4 is 17.4 Å². The summed E-state index contributed by atoms with van der Waals surface area (Å²) in [5.41, 5.74) is 1.05. The monoisotopic (exact) mass is 359 g/mol. The molecule has 4 rings (SSSR count). The Labute approximate surface area is 146 Å². The predicted octanol–water partition coefficient (Wildman–Crippen LogP) is 2.75. The molecule has 3 heterocycles. The summed E-state index contributed by atoms with van der Waals surface area (Å²) in [4.78, 5) is 18.6. The fraction of sp³-hybridized carbons (Fsp3) is 0.312. The van der Waals surface area contributed by atoms with Gasteiger partial charge in [-0.15, -0.1) is 5.10 Å². The first kappa shape index (κ1) is 15.8. The molecule has 1 aliphatic rings. The molecule has 0 spiro atoms. The van der Waals surface area contributed by atoms with Gasteiger partial charge in [-0.2, -0.15) is 4.98 Å². The molecule has 0 radical (unpaired) electrons. The van der Waals surface area contributed by atoms with E-state index in [0.29, 0.717) is 36.1 Å². The first-order valence-corrected chi connectivity index (χ1v) is 8.70. The van der Waals surface area contributed by atoms with Crippen LogP contribution in [0.4, 0.5) is 4.39 Å². The summed E-state index contributed by atoms with van der Waals surface area (Å²) in [6, 6.07) is 5.92. The maximum atomic E-state index is 13.0. The van der Waals surface area contributed by atoms with E-state index in [0.717, 1.165) is 24.4 Å². The number of hydrogen-bond acceptors (Lipinski definition) is 7. The van der Waals surface area contributed by atoms with Gasteiger partial charge in [0.15, 0.2) is 5.69 Å². The molecule has 7 nitrogen and oxygen atoms in total. The van der Waals surface area contributed by atoms with Crippen LogP contribution >= 0.6 is 11.5 Å². The van der Waals surface area contributed by atoms with Gasteiger partial charge < -0.3 is 9.42 Å². The van der Waals surface area contributed by atoms with E-state index in [9.17, 15) is 9.18 Å². The summed E-state index contributed by atoms with van der Waals surface area (Å²) in [5, 5.41) is 9.46. The van der Waals surface area contributed by atoms with Crippen LogP contribution in [0.2, 0.25) is 0 Å². The maximum absolute atomic E-state index is 13.0. The minimum Gasteiger partial charge on any atom is -0.339 e. The summed E-state index contributed by atoms with van der Waals surface area (Å²) in [7, 11) is 0. The summed E-state index contributed by atoms with van der Waals surface area (Å²) < 4.78 is 22.1. The van der Waals surface area contributed by atoms with Crippen LogP contribution in [0.1, 0.15) is 35.1 Å². The molecule has 2 aromatic heterocycles. The quantitative estimate of drug-likeness (QED) is 0.715. The topological polar surface area (TPSA) is 85.0 Å². The minimum atomic E-state index is -0.314. The Morgan fingerprint density at radius 3 is 2.92 bits per heavy atom. The highest BCUT2D eigenvalue weighted by Crippen LogP contribution is 2.28. The second kappa shape index (κ2) is 6.67. The van der Waals surface area contributed by atoms with Gasteiger partial charge in [0, 0.05) is 24.0 Å². The molecular weight excluding hydrogens is 345 g/mol. The molecule has 1 aliphatic heterocycles. The molecule has 0 bridgehead atoms. The van der Waals surface area contributed by atoms with Crippen molar-refractivity contribution < 1.29 is 13.7 Å². The van der Waals surface area contributed by atoms with E-state index in [4.69, 9.17) is 4.52 Å². The SMILES string of the molecule is O=C(c1csnn1)N1CCC[C@H](c2nc(-c3ccc(F)cc3)no2)C1. The highest BCUT2D eigenvalue weighted by molar-refractivity contribution is 7.03. The molecule has 0 unspecified atom stereocenters. The number of piperidine rings is 1. The lowest BCUT2D eigenvalue weighted by Crippen LogP contribution is -2.39. The number of carbonyl (C=O) groups excluding carboxylic acids is 1. The molecule has 3 aromatic rings. The van der Waals surface area contributed by atoms with Crippen molar-refractivity contribution in [1.29, 1.82) is 0 Å². The third-order valence-electron chi connectivity index (χ3n) is 4.18. The summed E-state index contributed by atoms with van der Waals surface area (Å²) in [5.74, 6) is 0.448. The fourth-order valence-electron chi connectivity index (χ4n) is 2.90. The van der Waals surface area contributed by atoms with Crippen LogP contribution in [0.5, 0.6) is 0 Å². The van der Waals surface area contributed by atoms with Gasteiger partial charge in [0.2, 0.25) is 11.7 Å². The zero-order valence-corrected chi connectivity index (χ0v) is 13.9. The second-order valence-corrected chi connectivity index (χ2v) is 6.45. The van der Waals surface area contributed by atoms with E-state index in [1.807, 2.05) is 0 Å². The van der Waals surface area contributed by atoms with Crippen LogP contribution in [-0.4, -0.2) is 43.6 Å². The predicted molar refractivity (Wildman–Crippen MR) is 87.5 cm³/mol. The van der Waals surface area contributed by atoms with Crippen LogP contribution in [0.15, 0.2) is 34.2 Å². The lowest BCUT2D eigenvalue weighted by molar-refractivity contribution is 0.0689. The molecule has 1 atom stereocenters. The van der Waals surface area contributed by atoms with Crippen LogP contribution in [-0.2, 0) is 0 Å². The lowest BCUT2D eigenvalue weighted by Gasteiger charge is -2.30. The van der Waals surface area contributed by atoms with Crippen molar-refractivity contribution in [3.05, 3.63) is 47.0 Å². The van der Waals surface area contributed by atoms with E-state index in [1.54, 1.807) is 22.4 Å². The van der Waals surface area contributed by atoms with Crippen LogP contribution in [0.25, 0.3) is 11.4 Å². The van der Waals surface area contributed by atoms with Crippen molar-refractivity contribution in [3.8, 4) is 11.4 Å². The number of halogens is 1. The van der Waals surface area contributed by atoms with Gasteiger partial charge in [0.05, 0.1) is 5.92 Å². The summed E-state index contributed by atoms with van der Waals surface area (Å²) in [6.07, 6.45) is 1.71. The molecule has 0 N–H and O–H groups in total. The van der Waals surface area contributed by atoms with Gasteiger partial charge in [0.1, 0.15) is 5.82 Å². The largest absolute Gasteiger partial charge is 0.339 e. The Morgan fingerprint density at radius 1 is 1.32 bits per heavy atom. The van der Waals surface area contributed by atoms with Gasteiger partial charge in [-0.25, -0.2) is 4.39 Å². The summed E-state index contributed by atoms with van der Waals surface area (Å²) in [6.45, 7) is 1.17. The zero-order valence-electron chi connectivity index (χ0n) is 13.1. The Balaban J connectivity index is 1.50. The van der Waals surface area contributed by atoms with Crippen LogP contribution in [0, 0.1) is 5.82 Å². The molecule has 128 valence electrons. The third kappa shape index (κ3) is 3.27. The number of carbonyl (C=O) groups is 1. The Hall–Kier alpha value is -2.68. The van der Waals surface area contributed by atoms with Gasteiger partial charge in [-0.3, -0.25) is 4.79 Å². The van der Waals surface area contributed by atoms with Crippen molar-refractivity contribution in [1.82, 2.24) is 24.6 Å². The second-order valence-electron chi connectivity index (χ2n) is 5.84. The first-order chi connectivity index (χ1) is 12.2. The minimum absolute atomic E-state index is 0.0222. The fourth-order valence-corrected chi connectivity index (χ4v) is 3.33.